The fraction of sp³-hybridized carbons (Fsp3) is 0.200. The van der Waals surface area contributed by atoms with Crippen LogP contribution in [0.15, 0.2) is 46.9 Å². The lowest BCUT2D eigenvalue weighted by Crippen LogP contribution is -1.96. The van der Waals surface area contributed by atoms with E-state index in [1.165, 1.54) is 0 Å². The second kappa shape index (κ2) is 6.96. The largest absolute Gasteiger partial charge is 0.490 e. The van der Waals surface area contributed by atoms with Gasteiger partial charge in [0.2, 0.25) is 0 Å². The summed E-state index contributed by atoms with van der Waals surface area (Å²) in [5.41, 5.74) is 1.09. The van der Waals surface area contributed by atoms with Crippen molar-refractivity contribution in [2.24, 2.45) is 0 Å². The average Bonchev–Trinajstić information content (AvgIpc) is 2.42. The number of benzene rings is 2. The Morgan fingerprint density at radius 2 is 1.74 bits per heavy atom. The lowest BCUT2D eigenvalue weighted by atomic mass is 10.2. The molecule has 0 saturated carbocycles. The fourth-order valence-electron chi connectivity index (χ4n) is 1.66. The van der Waals surface area contributed by atoms with E-state index in [0.29, 0.717) is 6.61 Å². The normalized spacial score (nSPS) is 10.3. The molecule has 19 heavy (non-hydrogen) atoms. The molecular formula is C15H14Br2O2. The number of para-hydroxylation sites is 2. The molecule has 100 valence electrons. The molecule has 0 aliphatic carbocycles. The summed E-state index contributed by atoms with van der Waals surface area (Å²) in [7, 11) is 0. The summed E-state index contributed by atoms with van der Waals surface area (Å²) in [4.78, 5) is 0. The SMILES string of the molecule is CCOc1ccccc1Oc1cc(Br)ccc1CBr. The van der Waals surface area contributed by atoms with Crippen LogP contribution in [0, 0.1) is 0 Å². The lowest BCUT2D eigenvalue weighted by molar-refractivity contribution is 0.321. The molecule has 0 saturated heterocycles. The van der Waals surface area contributed by atoms with Crippen molar-refractivity contribution < 1.29 is 9.47 Å². The van der Waals surface area contributed by atoms with Gasteiger partial charge in [0.25, 0.3) is 0 Å². The van der Waals surface area contributed by atoms with Crippen LogP contribution >= 0.6 is 31.9 Å². The molecule has 0 atom stereocenters. The van der Waals surface area contributed by atoms with Crippen molar-refractivity contribution >= 4 is 31.9 Å². The molecule has 2 nitrogen and oxygen atoms in total. The van der Waals surface area contributed by atoms with Crippen LogP contribution in [0.1, 0.15) is 12.5 Å². The highest BCUT2D eigenvalue weighted by Gasteiger charge is 2.09. The fourth-order valence-corrected chi connectivity index (χ4v) is 2.46. The summed E-state index contributed by atoms with van der Waals surface area (Å²) in [6, 6.07) is 13.7. The molecule has 2 aromatic carbocycles. The summed E-state index contributed by atoms with van der Waals surface area (Å²) >= 11 is 6.93. The van der Waals surface area contributed by atoms with E-state index in [1.807, 2.05) is 49.4 Å². The summed E-state index contributed by atoms with van der Waals surface area (Å²) in [5.74, 6) is 2.30. The van der Waals surface area contributed by atoms with Gasteiger partial charge in [-0.15, -0.1) is 0 Å². The van der Waals surface area contributed by atoms with Gasteiger partial charge < -0.3 is 9.47 Å². The van der Waals surface area contributed by atoms with E-state index in [0.717, 1.165) is 32.6 Å². The minimum atomic E-state index is 0.615. The standard InChI is InChI=1S/C15H14Br2O2/c1-2-18-13-5-3-4-6-14(13)19-15-9-12(17)8-7-11(15)10-16/h3-9H,2,10H2,1H3. The van der Waals surface area contributed by atoms with E-state index >= 15 is 0 Å². The van der Waals surface area contributed by atoms with Crippen molar-refractivity contribution in [1.29, 1.82) is 0 Å². The number of hydrogen-bond acceptors (Lipinski definition) is 2. The van der Waals surface area contributed by atoms with E-state index < -0.39 is 0 Å². The van der Waals surface area contributed by atoms with Gasteiger partial charge in [-0.25, -0.2) is 0 Å². The number of halogens is 2. The van der Waals surface area contributed by atoms with Gasteiger partial charge in [-0.2, -0.15) is 0 Å². The van der Waals surface area contributed by atoms with Crippen LogP contribution < -0.4 is 9.47 Å². The zero-order chi connectivity index (χ0) is 13.7. The van der Waals surface area contributed by atoms with Crippen LogP contribution in [0.3, 0.4) is 0 Å². The number of rotatable bonds is 5. The van der Waals surface area contributed by atoms with Gasteiger partial charge >= 0.3 is 0 Å². The molecule has 0 fully saturated rings. The van der Waals surface area contributed by atoms with Gasteiger partial charge in [-0.3, -0.25) is 0 Å². The van der Waals surface area contributed by atoms with Crippen LogP contribution in [0.4, 0.5) is 0 Å². The van der Waals surface area contributed by atoms with Crippen molar-refractivity contribution in [3.63, 3.8) is 0 Å². The Hall–Kier alpha value is -1.000. The molecule has 0 heterocycles. The molecule has 2 rings (SSSR count). The van der Waals surface area contributed by atoms with Crippen LogP contribution in [-0.4, -0.2) is 6.61 Å². The Kier molecular flexibility index (Phi) is 5.28. The third-order valence-electron chi connectivity index (χ3n) is 2.54. The smallest absolute Gasteiger partial charge is 0.169 e. The predicted molar refractivity (Wildman–Crippen MR) is 84.5 cm³/mol. The second-order valence-electron chi connectivity index (χ2n) is 3.87. The first kappa shape index (κ1) is 14.4. The molecule has 0 aliphatic heterocycles. The van der Waals surface area contributed by atoms with Crippen molar-refractivity contribution in [2.45, 2.75) is 12.3 Å². The molecule has 0 aromatic heterocycles. The molecule has 0 spiro atoms. The summed E-state index contributed by atoms with van der Waals surface area (Å²) in [6.45, 7) is 2.57. The quantitative estimate of drug-likeness (QED) is 0.629. The highest BCUT2D eigenvalue weighted by molar-refractivity contribution is 9.10. The topological polar surface area (TPSA) is 18.5 Å². The lowest BCUT2D eigenvalue weighted by Gasteiger charge is -2.13. The van der Waals surface area contributed by atoms with Crippen LogP contribution in [-0.2, 0) is 5.33 Å². The maximum Gasteiger partial charge on any atom is 0.169 e. The number of ether oxygens (including phenoxy) is 2. The monoisotopic (exact) mass is 384 g/mol. The molecule has 0 unspecified atom stereocenters. The third-order valence-corrected chi connectivity index (χ3v) is 3.64. The highest BCUT2D eigenvalue weighted by atomic mass is 79.9. The van der Waals surface area contributed by atoms with Gasteiger partial charge in [-0.05, 0) is 31.2 Å². The minimum Gasteiger partial charge on any atom is -0.490 e. The van der Waals surface area contributed by atoms with Gasteiger partial charge in [0, 0.05) is 15.4 Å². The van der Waals surface area contributed by atoms with E-state index in [1.54, 1.807) is 0 Å². The highest BCUT2D eigenvalue weighted by Crippen LogP contribution is 2.35. The average molecular weight is 386 g/mol. The molecule has 2 aromatic rings. The summed E-state index contributed by atoms with van der Waals surface area (Å²) < 4.78 is 12.5. The third kappa shape index (κ3) is 3.74. The molecule has 4 heteroatoms. The van der Waals surface area contributed by atoms with E-state index in [4.69, 9.17) is 9.47 Å². The van der Waals surface area contributed by atoms with Gasteiger partial charge in [0.1, 0.15) is 5.75 Å². The van der Waals surface area contributed by atoms with Crippen molar-refractivity contribution in [2.75, 3.05) is 6.61 Å². The number of alkyl halides is 1. The van der Waals surface area contributed by atoms with Gasteiger partial charge in [0.05, 0.1) is 6.61 Å². The van der Waals surface area contributed by atoms with Crippen molar-refractivity contribution in [3.05, 3.63) is 52.5 Å². The van der Waals surface area contributed by atoms with Crippen molar-refractivity contribution in [1.82, 2.24) is 0 Å². The van der Waals surface area contributed by atoms with Gasteiger partial charge in [0.15, 0.2) is 11.5 Å². The van der Waals surface area contributed by atoms with E-state index in [2.05, 4.69) is 31.9 Å². The first-order chi connectivity index (χ1) is 9.24. The molecule has 0 amide bonds. The Bertz CT molecular complexity index is 556. The van der Waals surface area contributed by atoms with Crippen molar-refractivity contribution in [3.8, 4) is 17.2 Å². The van der Waals surface area contributed by atoms with Gasteiger partial charge in [-0.1, -0.05) is 50.1 Å². The van der Waals surface area contributed by atoms with Crippen LogP contribution in [0.2, 0.25) is 0 Å². The van der Waals surface area contributed by atoms with Crippen LogP contribution in [0.25, 0.3) is 0 Å². The molecular weight excluding hydrogens is 372 g/mol. The Labute approximate surface area is 130 Å². The maximum atomic E-state index is 5.98. The first-order valence-electron chi connectivity index (χ1n) is 5.98. The molecule has 0 bridgehead atoms. The molecule has 0 radical (unpaired) electrons. The Morgan fingerprint density at radius 1 is 1.00 bits per heavy atom. The summed E-state index contributed by atoms with van der Waals surface area (Å²) in [5, 5.41) is 0.742. The zero-order valence-electron chi connectivity index (χ0n) is 10.5. The Balaban J connectivity index is 2.33. The Morgan fingerprint density at radius 3 is 2.42 bits per heavy atom. The van der Waals surface area contributed by atoms with E-state index in [-0.39, 0.29) is 0 Å². The molecule has 0 N–H and O–H groups in total. The predicted octanol–water partition coefficient (Wildman–Crippen LogP) is 5.54. The first-order valence-corrected chi connectivity index (χ1v) is 7.90. The van der Waals surface area contributed by atoms with E-state index in [9.17, 15) is 0 Å². The minimum absolute atomic E-state index is 0.615. The maximum absolute atomic E-state index is 5.98. The van der Waals surface area contributed by atoms with Crippen LogP contribution in [0.5, 0.6) is 17.2 Å². The number of hydrogen-bond donors (Lipinski definition) is 0. The zero-order valence-corrected chi connectivity index (χ0v) is 13.7. The second-order valence-corrected chi connectivity index (χ2v) is 5.34. The molecule has 0 aliphatic rings. The summed E-state index contributed by atoms with van der Waals surface area (Å²) in [6.07, 6.45) is 0.